The van der Waals surface area contributed by atoms with Crippen LogP contribution in [0.25, 0.3) is 11.3 Å². The molecule has 2 aromatic rings. The Morgan fingerprint density at radius 3 is 2.67 bits per heavy atom. The highest BCUT2D eigenvalue weighted by Gasteiger charge is 2.24. The van der Waals surface area contributed by atoms with Crippen molar-refractivity contribution < 1.29 is 9.53 Å². The summed E-state index contributed by atoms with van der Waals surface area (Å²) >= 11 is 16.0. The molecule has 0 saturated heterocycles. The van der Waals surface area contributed by atoms with Crippen LogP contribution in [0.3, 0.4) is 0 Å². The molecule has 2 rings (SSSR count). The molecule has 7 heteroatoms. The van der Waals surface area contributed by atoms with Crippen LogP contribution in [0.4, 0.5) is 0 Å². The van der Waals surface area contributed by atoms with Gasteiger partial charge < -0.3 is 4.74 Å². The van der Waals surface area contributed by atoms with E-state index in [1.165, 1.54) is 0 Å². The zero-order valence-electron chi connectivity index (χ0n) is 11.5. The van der Waals surface area contributed by atoms with Gasteiger partial charge in [0.05, 0.1) is 17.3 Å². The quantitative estimate of drug-likeness (QED) is 0.702. The number of benzene rings is 1. The molecular formula is C14H13BrCl2N2O2. The summed E-state index contributed by atoms with van der Waals surface area (Å²) in [6.07, 6.45) is 0. The van der Waals surface area contributed by atoms with Crippen molar-refractivity contribution >= 4 is 45.1 Å². The molecule has 0 aliphatic heterocycles. The average molecular weight is 392 g/mol. The molecule has 1 heterocycles. The fourth-order valence-electron chi connectivity index (χ4n) is 1.94. The second-order valence-electron chi connectivity index (χ2n) is 4.17. The standard InChI is InChI=1S/C14H13BrCl2N2O2/c1-3-19-13(9-6-5-8(15)7-10(9)16)11(17)12(18-19)14(20)21-4-2/h5-7H,3-4H2,1-2H3. The zero-order valence-corrected chi connectivity index (χ0v) is 14.6. The molecule has 0 atom stereocenters. The summed E-state index contributed by atoms with van der Waals surface area (Å²) in [5.74, 6) is -0.538. The molecule has 0 amide bonds. The van der Waals surface area contributed by atoms with Gasteiger partial charge in [-0.2, -0.15) is 5.10 Å². The highest BCUT2D eigenvalue weighted by molar-refractivity contribution is 9.10. The molecule has 21 heavy (non-hydrogen) atoms. The number of carbonyl (C=O) groups is 1. The van der Waals surface area contributed by atoms with E-state index in [1.54, 1.807) is 17.7 Å². The molecule has 0 bridgehead atoms. The van der Waals surface area contributed by atoms with Gasteiger partial charge in [-0.1, -0.05) is 45.2 Å². The number of rotatable bonds is 4. The number of ether oxygens (including phenoxy) is 1. The Morgan fingerprint density at radius 1 is 1.38 bits per heavy atom. The Hall–Kier alpha value is -1.04. The van der Waals surface area contributed by atoms with Gasteiger partial charge in [0.1, 0.15) is 5.02 Å². The van der Waals surface area contributed by atoms with Gasteiger partial charge in [0.15, 0.2) is 5.69 Å². The molecule has 0 fully saturated rings. The van der Waals surface area contributed by atoms with Gasteiger partial charge in [-0.15, -0.1) is 0 Å². The number of aryl methyl sites for hydroxylation is 1. The summed E-state index contributed by atoms with van der Waals surface area (Å²) in [4.78, 5) is 11.9. The van der Waals surface area contributed by atoms with Crippen molar-refractivity contribution in [2.45, 2.75) is 20.4 Å². The minimum atomic E-state index is -0.538. The van der Waals surface area contributed by atoms with Crippen LogP contribution in [0, 0.1) is 0 Å². The van der Waals surface area contributed by atoms with E-state index in [0.29, 0.717) is 17.3 Å². The first kappa shape index (κ1) is 16.3. The number of aromatic nitrogens is 2. The van der Waals surface area contributed by atoms with Crippen LogP contribution >= 0.6 is 39.1 Å². The number of halogens is 3. The lowest BCUT2D eigenvalue weighted by Gasteiger charge is -2.07. The topological polar surface area (TPSA) is 44.1 Å². The van der Waals surface area contributed by atoms with Crippen LogP contribution in [0.5, 0.6) is 0 Å². The molecule has 0 radical (unpaired) electrons. The summed E-state index contributed by atoms with van der Waals surface area (Å²) in [5.41, 5.74) is 1.43. The van der Waals surface area contributed by atoms with E-state index in [-0.39, 0.29) is 17.3 Å². The molecule has 0 unspecified atom stereocenters. The molecule has 0 aliphatic carbocycles. The Kier molecular flexibility index (Phi) is 5.30. The van der Waals surface area contributed by atoms with Crippen molar-refractivity contribution in [2.75, 3.05) is 6.61 Å². The van der Waals surface area contributed by atoms with Gasteiger partial charge in [-0.05, 0) is 26.0 Å². The minimum Gasteiger partial charge on any atom is -0.461 e. The van der Waals surface area contributed by atoms with Crippen LogP contribution in [-0.2, 0) is 11.3 Å². The molecule has 0 N–H and O–H groups in total. The van der Waals surface area contributed by atoms with Crippen molar-refractivity contribution in [1.29, 1.82) is 0 Å². The molecule has 0 saturated carbocycles. The monoisotopic (exact) mass is 390 g/mol. The molecule has 1 aromatic heterocycles. The van der Waals surface area contributed by atoms with Gasteiger partial charge in [-0.25, -0.2) is 4.79 Å². The van der Waals surface area contributed by atoms with Crippen LogP contribution < -0.4 is 0 Å². The van der Waals surface area contributed by atoms with Crippen LogP contribution in [-0.4, -0.2) is 22.4 Å². The summed E-state index contributed by atoms with van der Waals surface area (Å²) < 4.78 is 7.47. The van der Waals surface area contributed by atoms with Crippen LogP contribution in [0.15, 0.2) is 22.7 Å². The van der Waals surface area contributed by atoms with Gasteiger partial charge in [0.2, 0.25) is 0 Å². The van der Waals surface area contributed by atoms with E-state index < -0.39 is 5.97 Å². The molecule has 112 valence electrons. The van der Waals surface area contributed by atoms with E-state index in [9.17, 15) is 4.79 Å². The summed E-state index contributed by atoms with van der Waals surface area (Å²) in [5, 5.41) is 5.00. The van der Waals surface area contributed by atoms with Crippen molar-refractivity contribution in [3.63, 3.8) is 0 Å². The molecule has 0 aliphatic rings. The third-order valence-electron chi connectivity index (χ3n) is 2.85. The number of esters is 1. The first-order valence-corrected chi connectivity index (χ1v) is 7.93. The Morgan fingerprint density at radius 2 is 2.10 bits per heavy atom. The van der Waals surface area contributed by atoms with E-state index in [2.05, 4.69) is 21.0 Å². The maximum atomic E-state index is 11.9. The Balaban J connectivity index is 2.60. The van der Waals surface area contributed by atoms with Crippen molar-refractivity contribution in [1.82, 2.24) is 9.78 Å². The van der Waals surface area contributed by atoms with E-state index in [0.717, 1.165) is 10.0 Å². The van der Waals surface area contributed by atoms with Gasteiger partial charge in [-0.3, -0.25) is 4.68 Å². The fraction of sp³-hybridized carbons (Fsp3) is 0.286. The van der Waals surface area contributed by atoms with Gasteiger partial charge >= 0.3 is 5.97 Å². The maximum Gasteiger partial charge on any atom is 0.360 e. The SMILES string of the molecule is CCOC(=O)c1nn(CC)c(-c2ccc(Br)cc2Cl)c1Cl. The highest BCUT2D eigenvalue weighted by Crippen LogP contribution is 2.36. The average Bonchev–Trinajstić information content (AvgIpc) is 2.76. The highest BCUT2D eigenvalue weighted by atomic mass is 79.9. The van der Waals surface area contributed by atoms with Gasteiger partial charge in [0.25, 0.3) is 0 Å². The predicted molar refractivity (Wildman–Crippen MR) is 87.0 cm³/mol. The molecular weight excluding hydrogens is 379 g/mol. The number of carbonyl (C=O) groups excluding carboxylic acids is 1. The van der Waals surface area contributed by atoms with E-state index in [4.69, 9.17) is 27.9 Å². The van der Waals surface area contributed by atoms with E-state index >= 15 is 0 Å². The number of hydrogen-bond acceptors (Lipinski definition) is 3. The first-order valence-electron chi connectivity index (χ1n) is 6.38. The third kappa shape index (κ3) is 3.25. The Labute approximate surface area is 141 Å². The largest absolute Gasteiger partial charge is 0.461 e. The van der Waals surface area contributed by atoms with Crippen LogP contribution in [0.1, 0.15) is 24.3 Å². The van der Waals surface area contributed by atoms with Crippen LogP contribution in [0.2, 0.25) is 10.0 Å². The molecule has 4 nitrogen and oxygen atoms in total. The molecule has 0 spiro atoms. The first-order chi connectivity index (χ1) is 9.99. The normalized spacial score (nSPS) is 10.7. The maximum absolute atomic E-state index is 11.9. The van der Waals surface area contributed by atoms with Crippen molar-refractivity contribution in [3.8, 4) is 11.3 Å². The molecule has 1 aromatic carbocycles. The Bertz CT molecular complexity index is 686. The summed E-state index contributed by atoms with van der Waals surface area (Å²) in [6.45, 7) is 4.47. The summed E-state index contributed by atoms with van der Waals surface area (Å²) in [6, 6.07) is 5.45. The third-order valence-corrected chi connectivity index (χ3v) is 4.01. The number of hydrogen-bond donors (Lipinski definition) is 0. The fourth-order valence-corrected chi connectivity index (χ4v) is 3.01. The summed E-state index contributed by atoms with van der Waals surface area (Å²) in [7, 11) is 0. The number of nitrogens with zero attached hydrogens (tertiary/aromatic N) is 2. The predicted octanol–water partition coefficient (Wildman–Crippen LogP) is 4.82. The second kappa shape index (κ2) is 6.81. The smallest absolute Gasteiger partial charge is 0.360 e. The minimum absolute atomic E-state index is 0.106. The lowest BCUT2D eigenvalue weighted by atomic mass is 10.1. The zero-order chi connectivity index (χ0) is 15.6. The lowest BCUT2D eigenvalue weighted by Crippen LogP contribution is -2.07. The second-order valence-corrected chi connectivity index (χ2v) is 5.87. The van der Waals surface area contributed by atoms with Gasteiger partial charge in [0, 0.05) is 16.6 Å². The van der Waals surface area contributed by atoms with Crippen molar-refractivity contribution in [3.05, 3.63) is 38.4 Å². The lowest BCUT2D eigenvalue weighted by molar-refractivity contribution is 0.0518. The van der Waals surface area contributed by atoms with E-state index in [1.807, 2.05) is 19.1 Å². The van der Waals surface area contributed by atoms with Crippen molar-refractivity contribution in [2.24, 2.45) is 0 Å².